The van der Waals surface area contributed by atoms with Crippen LogP contribution in [0, 0.1) is 5.82 Å². The summed E-state index contributed by atoms with van der Waals surface area (Å²) in [5, 5.41) is 0.228. The molecule has 0 aliphatic carbocycles. The third-order valence-corrected chi connectivity index (χ3v) is 5.27. The zero-order valence-electron chi connectivity index (χ0n) is 10.6. The van der Waals surface area contributed by atoms with Gasteiger partial charge in [-0.3, -0.25) is 4.72 Å². The highest BCUT2D eigenvalue weighted by molar-refractivity contribution is 9.10. The van der Waals surface area contributed by atoms with Gasteiger partial charge in [0.25, 0.3) is 10.0 Å². The Morgan fingerprint density at radius 2 is 1.95 bits per heavy atom. The van der Waals surface area contributed by atoms with Crippen LogP contribution in [0.25, 0.3) is 0 Å². The number of nitrogens with two attached hydrogens (primary N) is 1. The molecule has 0 radical (unpaired) electrons. The molecule has 0 bridgehead atoms. The summed E-state index contributed by atoms with van der Waals surface area (Å²) < 4.78 is 40.7. The fourth-order valence-corrected chi connectivity index (χ4v) is 4.02. The molecule has 0 atom stereocenters. The highest BCUT2D eigenvalue weighted by atomic mass is 79.9. The van der Waals surface area contributed by atoms with Crippen molar-refractivity contribution in [2.24, 2.45) is 5.73 Å². The van der Waals surface area contributed by atoms with E-state index in [1.807, 2.05) is 0 Å². The minimum absolute atomic E-state index is 0.0147. The van der Waals surface area contributed by atoms with Gasteiger partial charge in [-0.05, 0) is 51.8 Å². The molecule has 4 nitrogen and oxygen atoms in total. The van der Waals surface area contributed by atoms with Gasteiger partial charge in [-0.2, -0.15) is 0 Å². The summed E-state index contributed by atoms with van der Waals surface area (Å²) in [4.78, 5) is -0.0147. The van der Waals surface area contributed by atoms with Crippen LogP contribution in [-0.4, -0.2) is 8.42 Å². The number of nitrogens with one attached hydrogen (secondary N) is 1. The number of anilines is 1. The monoisotopic (exact) mass is 392 g/mol. The molecule has 3 N–H and O–H groups in total. The van der Waals surface area contributed by atoms with E-state index in [-0.39, 0.29) is 22.2 Å². The van der Waals surface area contributed by atoms with Crippen molar-refractivity contribution in [3.63, 3.8) is 0 Å². The Labute approximate surface area is 135 Å². The van der Waals surface area contributed by atoms with Gasteiger partial charge in [0.2, 0.25) is 0 Å². The number of hydrogen-bond donors (Lipinski definition) is 2. The van der Waals surface area contributed by atoms with Crippen LogP contribution in [0.2, 0.25) is 5.02 Å². The predicted octanol–water partition coefficient (Wildman–Crippen LogP) is 3.50. The van der Waals surface area contributed by atoms with Gasteiger partial charge in [0.1, 0.15) is 10.7 Å². The molecule has 0 aromatic heterocycles. The molecule has 8 heteroatoms. The smallest absolute Gasteiger partial charge is 0.263 e. The standard InChI is InChI=1S/C13H11BrClFN2O2S/c14-10-5-8(7-17)1-4-13(10)21(19,20)18-12-6-9(15)2-3-11(12)16/h1-6,18H,7,17H2. The molecule has 2 aromatic carbocycles. The first kappa shape index (κ1) is 16.2. The van der Waals surface area contributed by atoms with Crippen LogP contribution in [0.15, 0.2) is 45.8 Å². The summed E-state index contributed by atoms with van der Waals surface area (Å²) in [5.41, 5.74) is 6.05. The Kier molecular flexibility index (Phi) is 4.88. The zero-order valence-corrected chi connectivity index (χ0v) is 13.8. The first-order valence-electron chi connectivity index (χ1n) is 5.80. The van der Waals surface area contributed by atoms with Crippen LogP contribution in [0.1, 0.15) is 5.56 Å². The van der Waals surface area contributed by atoms with Gasteiger partial charge in [-0.25, -0.2) is 12.8 Å². The van der Waals surface area contributed by atoms with Crippen molar-refractivity contribution >= 4 is 43.2 Å². The average molecular weight is 394 g/mol. The molecule has 2 rings (SSSR count). The van der Waals surface area contributed by atoms with Gasteiger partial charge in [0.15, 0.2) is 0 Å². The number of hydrogen-bond acceptors (Lipinski definition) is 3. The highest BCUT2D eigenvalue weighted by Crippen LogP contribution is 2.27. The predicted molar refractivity (Wildman–Crippen MR) is 84.3 cm³/mol. The fraction of sp³-hybridized carbons (Fsp3) is 0.0769. The lowest BCUT2D eigenvalue weighted by molar-refractivity contribution is 0.598. The molecule has 0 spiro atoms. The Hall–Kier alpha value is -1.15. The average Bonchev–Trinajstić information content (AvgIpc) is 2.42. The molecular weight excluding hydrogens is 383 g/mol. The van der Waals surface area contributed by atoms with E-state index in [1.165, 1.54) is 18.2 Å². The van der Waals surface area contributed by atoms with E-state index in [0.717, 1.165) is 11.6 Å². The van der Waals surface area contributed by atoms with Crippen molar-refractivity contribution < 1.29 is 12.8 Å². The maximum absolute atomic E-state index is 13.6. The molecule has 0 saturated heterocycles. The number of sulfonamides is 1. The van der Waals surface area contributed by atoms with Gasteiger partial charge in [0.05, 0.1) is 5.69 Å². The van der Waals surface area contributed by atoms with Crippen LogP contribution in [0.3, 0.4) is 0 Å². The molecule has 0 heterocycles. The van der Waals surface area contributed by atoms with Crippen molar-refractivity contribution in [3.05, 3.63) is 57.3 Å². The quantitative estimate of drug-likeness (QED) is 0.835. The van der Waals surface area contributed by atoms with Gasteiger partial charge >= 0.3 is 0 Å². The third-order valence-electron chi connectivity index (χ3n) is 2.69. The first-order chi connectivity index (χ1) is 9.83. The van der Waals surface area contributed by atoms with Crippen molar-refractivity contribution in [1.82, 2.24) is 0 Å². The van der Waals surface area contributed by atoms with Crippen LogP contribution in [0.4, 0.5) is 10.1 Å². The Morgan fingerprint density at radius 3 is 2.57 bits per heavy atom. The lowest BCUT2D eigenvalue weighted by atomic mass is 10.2. The normalized spacial score (nSPS) is 11.4. The summed E-state index contributed by atoms with van der Waals surface area (Å²) in [6.07, 6.45) is 0. The van der Waals surface area contributed by atoms with E-state index in [9.17, 15) is 12.8 Å². The van der Waals surface area contributed by atoms with E-state index in [0.29, 0.717) is 4.47 Å². The molecule has 0 aliphatic rings. The molecule has 2 aromatic rings. The lowest BCUT2D eigenvalue weighted by Gasteiger charge is -2.11. The molecule has 0 saturated carbocycles. The number of halogens is 3. The third kappa shape index (κ3) is 3.74. The van der Waals surface area contributed by atoms with Crippen molar-refractivity contribution in [3.8, 4) is 0 Å². The highest BCUT2D eigenvalue weighted by Gasteiger charge is 2.19. The summed E-state index contributed by atoms with van der Waals surface area (Å²) in [6.45, 7) is 0.287. The lowest BCUT2D eigenvalue weighted by Crippen LogP contribution is -2.15. The Morgan fingerprint density at radius 1 is 1.24 bits per heavy atom. The van der Waals surface area contributed by atoms with Crippen molar-refractivity contribution in [1.29, 1.82) is 0 Å². The van der Waals surface area contributed by atoms with E-state index in [4.69, 9.17) is 17.3 Å². The van der Waals surface area contributed by atoms with Gasteiger partial charge < -0.3 is 5.73 Å². The van der Waals surface area contributed by atoms with Crippen molar-refractivity contribution in [2.45, 2.75) is 11.4 Å². The Bertz CT molecular complexity index is 784. The molecule has 0 amide bonds. The zero-order chi connectivity index (χ0) is 15.6. The summed E-state index contributed by atoms with van der Waals surface area (Å²) in [5.74, 6) is -0.710. The van der Waals surface area contributed by atoms with Crippen LogP contribution < -0.4 is 10.5 Å². The van der Waals surface area contributed by atoms with Crippen LogP contribution >= 0.6 is 27.5 Å². The van der Waals surface area contributed by atoms with E-state index in [2.05, 4.69) is 20.7 Å². The molecule has 112 valence electrons. The van der Waals surface area contributed by atoms with Gasteiger partial charge in [-0.15, -0.1) is 0 Å². The molecule has 21 heavy (non-hydrogen) atoms. The summed E-state index contributed by atoms with van der Waals surface area (Å²) in [7, 11) is -3.94. The maximum Gasteiger partial charge on any atom is 0.263 e. The second kappa shape index (κ2) is 6.31. The van der Waals surface area contributed by atoms with Gasteiger partial charge in [0, 0.05) is 16.0 Å². The minimum Gasteiger partial charge on any atom is -0.326 e. The maximum atomic E-state index is 13.6. The van der Waals surface area contributed by atoms with Crippen LogP contribution in [0.5, 0.6) is 0 Å². The molecular formula is C13H11BrClFN2O2S. The van der Waals surface area contributed by atoms with E-state index in [1.54, 1.807) is 12.1 Å². The molecule has 0 fully saturated rings. The summed E-state index contributed by atoms with van der Waals surface area (Å²) in [6, 6.07) is 8.22. The van der Waals surface area contributed by atoms with E-state index >= 15 is 0 Å². The SMILES string of the molecule is NCc1ccc(S(=O)(=O)Nc2cc(Cl)ccc2F)c(Br)c1. The minimum atomic E-state index is -3.94. The largest absolute Gasteiger partial charge is 0.326 e. The van der Waals surface area contributed by atoms with E-state index < -0.39 is 15.8 Å². The van der Waals surface area contributed by atoms with Crippen LogP contribution in [-0.2, 0) is 16.6 Å². The molecule has 0 aliphatic heterocycles. The second-order valence-corrected chi connectivity index (χ2v) is 7.14. The first-order valence-corrected chi connectivity index (χ1v) is 8.45. The summed E-state index contributed by atoms with van der Waals surface area (Å²) >= 11 is 8.91. The fourth-order valence-electron chi connectivity index (χ4n) is 1.66. The number of rotatable bonds is 4. The molecule has 0 unspecified atom stereocenters. The topological polar surface area (TPSA) is 72.2 Å². The Balaban J connectivity index is 2.41. The van der Waals surface area contributed by atoms with Crippen molar-refractivity contribution in [2.75, 3.05) is 4.72 Å². The second-order valence-electron chi connectivity index (χ2n) is 4.20. The van der Waals surface area contributed by atoms with Gasteiger partial charge in [-0.1, -0.05) is 17.7 Å². The number of benzene rings is 2.